The van der Waals surface area contributed by atoms with E-state index in [0.29, 0.717) is 6.54 Å². The van der Waals surface area contributed by atoms with Gasteiger partial charge in [0.15, 0.2) is 0 Å². The van der Waals surface area contributed by atoms with E-state index in [4.69, 9.17) is 10.00 Å². The number of nitrogens with zero attached hydrogens (tertiary/aromatic N) is 3. The van der Waals surface area contributed by atoms with Crippen molar-refractivity contribution in [2.24, 2.45) is 0 Å². The van der Waals surface area contributed by atoms with Crippen molar-refractivity contribution in [1.82, 2.24) is 15.1 Å². The molecule has 0 aromatic rings. The number of carbonyl (C=O) groups is 1. The first kappa shape index (κ1) is 13.3. The largest absolute Gasteiger partial charge is 0.379 e. The van der Waals surface area contributed by atoms with Gasteiger partial charge in [0.1, 0.15) is 6.04 Å². The van der Waals surface area contributed by atoms with Gasteiger partial charge in [-0.2, -0.15) is 5.26 Å². The highest BCUT2D eigenvalue weighted by molar-refractivity contribution is 5.82. The number of hydrogen-bond donors (Lipinski definition) is 1. The number of hydrogen-bond acceptors (Lipinski definition) is 5. The molecule has 6 heteroatoms. The molecular weight excluding hydrogens is 232 g/mol. The summed E-state index contributed by atoms with van der Waals surface area (Å²) in [7, 11) is 0. The van der Waals surface area contributed by atoms with E-state index >= 15 is 0 Å². The standard InChI is InChI=1S/C12H20N4O2/c13-2-1-11-12(17)14-3-4-16(11)6-5-15-7-9-18-10-8-15/h11H,1,3-10H2,(H,14,17). The van der Waals surface area contributed by atoms with Crippen molar-refractivity contribution < 1.29 is 9.53 Å². The summed E-state index contributed by atoms with van der Waals surface area (Å²) in [5.74, 6) is -0.00947. The van der Waals surface area contributed by atoms with Crippen molar-refractivity contribution in [2.75, 3.05) is 52.5 Å². The van der Waals surface area contributed by atoms with E-state index in [1.54, 1.807) is 0 Å². The molecule has 2 heterocycles. The van der Waals surface area contributed by atoms with Crippen molar-refractivity contribution in [2.45, 2.75) is 12.5 Å². The van der Waals surface area contributed by atoms with E-state index in [1.165, 1.54) is 0 Å². The molecule has 0 saturated carbocycles. The van der Waals surface area contributed by atoms with Gasteiger partial charge in [0.25, 0.3) is 0 Å². The normalized spacial score (nSPS) is 26.6. The Morgan fingerprint density at radius 3 is 2.83 bits per heavy atom. The van der Waals surface area contributed by atoms with E-state index < -0.39 is 0 Å². The van der Waals surface area contributed by atoms with Gasteiger partial charge in [0, 0.05) is 39.3 Å². The minimum absolute atomic E-state index is 0.00947. The Bertz CT molecular complexity index is 323. The minimum atomic E-state index is -0.273. The van der Waals surface area contributed by atoms with Crippen molar-refractivity contribution >= 4 is 5.91 Å². The third-order valence-corrected chi connectivity index (χ3v) is 3.53. The monoisotopic (exact) mass is 252 g/mol. The summed E-state index contributed by atoms with van der Waals surface area (Å²) in [6.07, 6.45) is 0.273. The van der Waals surface area contributed by atoms with Gasteiger partial charge in [0.05, 0.1) is 25.7 Å². The molecule has 2 aliphatic heterocycles. The molecule has 0 aromatic heterocycles. The first-order chi connectivity index (χ1) is 8.81. The summed E-state index contributed by atoms with van der Waals surface area (Å²) in [5.41, 5.74) is 0. The van der Waals surface area contributed by atoms with Gasteiger partial charge in [-0.1, -0.05) is 0 Å². The summed E-state index contributed by atoms with van der Waals surface area (Å²) >= 11 is 0. The zero-order valence-corrected chi connectivity index (χ0v) is 10.6. The molecule has 0 bridgehead atoms. The van der Waals surface area contributed by atoms with Crippen LogP contribution in [0.1, 0.15) is 6.42 Å². The Morgan fingerprint density at radius 1 is 1.33 bits per heavy atom. The topological polar surface area (TPSA) is 68.6 Å². The van der Waals surface area contributed by atoms with Gasteiger partial charge in [-0.3, -0.25) is 14.6 Å². The Hall–Kier alpha value is -1.16. The first-order valence-electron chi connectivity index (χ1n) is 6.50. The van der Waals surface area contributed by atoms with E-state index in [-0.39, 0.29) is 18.4 Å². The molecule has 6 nitrogen and oxygen atoms in total. The first-order valence-corrected chi connectivity index (χ1v) is 6.50. The maximum atomic E-state index is 11.7. The van der Waals surface area contributed by atoms with E-state index in [1.807, 2.05) is 0 Å². The highest BCUT2D eigenvalue weighted by Gasteiger charge is 2.29. The Kier molecular flexibility index (Phi) is 4.93. The van der Waals surface area contributed by atoms with Crippen LogP contribution in [0.4, 0.5) is 0 Å². The number of carbonyl (C=O) groups excluding carboxylic acids is 1. The van der Waals surface area contributed by atoms with E-state index in [0.717, 1.165) is 45.9 Å². The van der Waals surface area contributed by atoms with Crippen LogP contribution in [0.25, 0.3) is 0 Å². The van der Waals surface area contributed by atoms with Crippen molar-refractivity contribution in [3.05, 3.63) is 0 Å². The third kappa shape index (κ3) is 3.42. The van der Waals surface area contributed by atoms with Gasteiger partial charge in [-0.25, -0.2) is 0 Å². The predicted octanol–water partition coefficient (Wildman–Crippen LogP) is -0.967. The van der Waals surface area contributed by atoms with Crippen LogP contribution in [0.5, 0.6) is 0 Å². The van der Waals surface area contributed by atoms with Crippen molar-refractivity contribution in [3.63, 3.8) is 0 Å². The smallest absolute Gasteiger partial charge is 0.238 e. The molecule has 0 spiro atoms. The number of rotatable bonds is 4. The van der Waals surface area contributed by atoms with Crippen LogP contribution in [-0.2, 0) is 9.53 Å². The Labute approximate surface area is 107 Å². The lowest BCUT2D eigenvalue weighted by Crippen LogP contribution is -2.56. The van der Waals surface area contributed by atoms with E-state index in [2.05, 4.69) is 21.2 Å². The molecule has 0 aliphatic carbocycles. The molecule has 1 N–H and O–H groups in total. The maximum absolute atomic E-state index is 11.7. The number of nitrogens with one attached hydrogen (secondary N) is 1. The van der Waals surface area contributed by atoms with E-state index in [9.17, 15) is 4.79 Å². The average molecular weight is 252 g/mol. The summed E-state index contributed by atoms with van der Waals surface area (Å²) < 4.78 is 5.31. The van der Waals surface area contributed by atoms with Gasteiger partial charge >= 0.3 is 0 Å². The van der Waals surface area contributed by atoms with Gasteiger partial charge in [0.2, 0.25) is 5.91 Å². The Balaban J connectivity index is 1.82. The number of nitriles is 1. The lowest BCUT2D eigenvalue weighted by atomic mass is 10.1. The summed E-state index contributed by atoms with van der Waals surface area (Å²) in [6.45, 7) is 6.82. The molecule has 1 atom stereocenters. The lowest BCUT2D eigenvalue weighted by Gasteiger charge is -2.36. The highest BCUT2D eigenvalue weighted by Crippen LogP contribution is 2.08. The molecule has 2 saturated heterocycles. The van der Waals surface area contributed by atoms with Crippen LogP contribution in [0, 0.1) is 11.3 Å². The number of piperazine rings is 1. The molecule has 0 aromatic carbocycles. The molecule has 18 heavy (non-hydrogen) atoms. The molecule has 2 aliphatic rings. The van der Waals surface area contributed by atoms with Gasteiger partial charge < -0.3 is 10.1 Å². The third-order valence-electron chi connectivity index (χ3n) is 3.53. The maximum Gasteiger partial charge on any atom is 0.238 e. The molecule has 100 valence electrons. The molecular formula is C12H20N4O2. The summed E-state index contributed by atoms with van der Waals surface area (Å²) in [6, 6.07) is 1.83. The molecule has 2 rings (SSSR count). The predicted molar refractivity (Wildman–Crippen MR) is 65.9 cm³/mol. The minimum Gasteiger partial charge on any atom is -0.379 e. The fourth-order valence-corrected chi connectivity index (χ4v) is 2.43. The quantitative estimate of drug-likeness (QED) is 0.697. The lowest BCUT2D eigenvalue weighted by molar-refractivity contribution is -0.129. The van der Waals surface area contributed by atoms with Crippen LogP contribution < -0.4 is 5.32 Å². The van der Waals surface area contributed by atoms with Crippen LogP contribution >= 0.6 is 0 Å². The van der Waals surface area contributed by atoms with Crippen molar-refractivity contribution in [3.8, 4) is 6.07 Å². The SMILES string of the molecule is N#CCC1C(=O)NCCN1CCN1CCOCC1. The van der Waals surface area contributed by atoms with Crippen LogP contribution in [0.15, 0.2) is 0 Å². The van der Waals surface area contributed by atoms with Crippen LogP contribution in [0.3, 0.4) is 0 Å². The summed E-state index contributed by atoms with van der Waals surface area (Å²) in [5, 5.41) is 11.6. The van der Waals surface area contributed by atoms with Crippen LogP contribution in [0.2, 0.25) is 0 Å². The van der Waals surface area contributed by atoms with Crippen LogP contribution in [-0.4, -0.2) is 74.2 Å². The average Bonchev–Trinajstić information content (AvgIpc) is 2.41. The zero-order chi connectivity index (χ0) is 12.8. The number of morpholine rings is 1. The number of ether oxygens (including phenoxy) is 1. The fraction of sp³-hybridized carbons (Fsp3) is 0.833. The summed E-state index contributed by atoms with van der Waals surface area (Å²) in [4.78, 5) is 16.2. The van der Waals surface area contributed by atoms with Gasteiger partial charge in [-0.15, -0.1) is 0 Å². The Morgan fingerprint density at radius 2 is 2.11 bits per heavy atom. The molecule has 1 unspecified atom stereocenters. The highest BCUT2D eigenvalue weighted by atomic mass is 16.5. The van der Waals surface area contributed by atoms with Gasteiger partial charge in [-0.05, 0) is 0 Å². The molecule has 2 fully saturated rings. The zero-order valence-electron chi connectivity index (χ0n) is 10.6. The molecule has 1 amide bonds. The fourth-order valence-electron chi connectivity index (χ4n) is 2.43. The second kappa shape index (κ2) is 6.69. The second-order valence-electron chi connectivity index (χ2n) is 4.66. The number of amides is 1. The molecule has 0 radical (unpaired) electrons. The van der Waals surface area contributed by atoms with Crippen molar-refractivity contribution in [1.29, 1.82) is 5.26 Å². The second-order valence-corrected chi connectivity index (χ2v) is 4.66.